The molecule has 0 heterocycles. The number of carbonyl (C=O) groups is 2. The second-order valence-corrected chi connectivity index (χ2v) is 6.79. The van der Waals surface area contributed by atoms with E-state index < -0.39 is 11.9 Å². The van der Waals surface area contributed by atoms with Crippen LogP contribution in [0.2, 0.25) is 0 Å². The van der Waals surface area contributed by atoms with Gasteiger partial charge in [-0.05, 0) is 47.5 Å². The average Bonchev–Trinajstić information content (AvgIpc) is 2.81. The summed E-state index contributed by atoms with van der Waals surface area (Å²) in [4.78, 5) is 25.0. The smallest absolute Gasteiger partial charge is 0.315 e. The molecule has 0 saturated heterocycles. The van der Waals surface area contributed by atoms with Gasteiger partial charge in [-0.1, -0.05) is 30.3 Å². The number of carbonyl (C=O) groups excluding carboxylic acids is 2. The summed E-state index contributed by atoms with van der Waals surface area (Å²) < 4.78 is 26.5. The molecule has 0 aliphatic heterocycles. The van der Waals surface area contributed by atoms with E-state index in [1.54, 1.807) is 80.9 Å². The molecule has 0 spiro atoms. The summed E-state index contributed by atoms with van der Waals surface area (Å²) in [7, 11) is 4.59. The van der Waals surface area contributed by atoms with Crippen LogP contribution in [-0.4, -0.2) is 33.3 Å². The fourth-order valence-electron chi connectivity index (χ4n) is 2.97. The largest absolute Gasteiger partial charge is 0.497 e. The molecule has 0 unspecified atom stereocenters. The number of hydrogen-bond donors (Lipinski definition) is 0. The van der Waals surface area contributed by atoms with Crippen molar-refractivity contribution in [2.75, 3.05) is 21.3 Å². The fraction of sp³-hybridized carbons (Fsp3) is 0.200. The van der Waals surface area contributed by atoms with E-state index in [1.165, 1.54) is 7.11 Å². The van der Waals surface area contributed by atoms with E-state index >= 15 is 0 Å². The topological polar surface area (TPSA) is 80.3 Å². The highest BCUT2D eigenvalue weighted by Gasteiger charge is 2.19. The van der Waals surface area contributed by atoms with Crippen molar-refractivity contribution in [3.8, 4) is 28.7 Å². The molecule has 7 heteroatoms. The lowest BCUT2D eigenvalue weighted by molar-refractivity contribution is -0.136. The summed E-state index contributed by atoms with van der Waals surface area (Å²) in [6.07, 6.45) is 0.0711. The maximum atomic E-state index is 12.5. The van der Waals surface area contributed by atoms with Gasteiger partial charge in [0.1, 0.15) is 11.5 Å². The van der Waals surface area contributed by atoms with E-state index in [1.807, 2.05) is 0 Å². The number of rotatable bonds is 9. The molecule has 0 bridgehead atoms. The minimum Gasteiger partial charge on any atom is -0.497 e. The van der Waals surface area contributed by atoms with Crippen molar-refractivity contribution in [3.63, 3.8) is 0 Å². The van der Waals surface area contributed by atoms with Gasteiger partial charge < -0.3 is 23.7 Å². The van der Waals surface area contributed by atoms with Crippen LogP contribution in [0.5, 0.6) is 28.7 Å². The fourth-order valence-corrected chi connectivity index (χ4v) is 2.97. The van der Waals surface area contributed by atoms with Crippen molar-refractivity contribution in [3.05, 3.63) is 77.9 Å². The molecule has 0 saturated carbocycles. The molecule has 7 nitrogen and oxygen atoms in total. The van der Waals surface area contributed by atoms with Crippen molar-refractivity contribution in [2.45, 2.75) is 12.8 Å². The average molecular weight is 436 g/mol. The summed E-state index contributed by atoms with van der Waals surface area (Å²) in [5.74, 6) is 0.798. The van der Waals surface area contributed by atoms with Crippen molar-refractivity contribution in [1.82, 2.24) is 0 Å². The lowest BCUT2D eigenvalue weighted by atomic mass is 10.1. The Bertz CT molecular complexity index is 1060. The zero-order valence-electron chi connectivity index (χ0n) is 18.1. The molecule has 0 aliphatic carbocycles. The molecule has 166 valence electrons. The van der Waals surface area contributed by atoms with Gasteiger partial charge in [0.15, 0.2) is 11.5 Å². The predicted octanol–water partition coefficient (Wildman–Crippen LogP) is 4.01. The Morgan fingerprint density at radius 2 is 1.06 bits per heavy atom. The van der Waals surface area contributed by atoms with Crippen molar-refractivity contribution in [2.24, 2.45) is 0 Å². The van der Waals surface area contributed by atoms with Crippen LogP contribution in [0, 0.1) is 0 Å². The van der Waals surface area contributed by atoms with Crippen LogP contribution in [0.25, 0.3) is 0 Å². The van der Waals surface area contributed by atoms with Gasteiger partial charge in [-0.3, -0.25) is 9.59 Å². The summed E-state index contributed by atoms with van der Waals surface area (Å²) in [5, 5.41) is 0. The van der Waals surface area contributed by atoms with Gasteiger partial charge in [0, 0.05) is 0 Å². The molecule has 0 fully saturated rings. The number of benzene rings is 3. The molecule has 32 heavy (non-hydrogen) atoms. The molecule has 3 aromatic rings. The second kappa shape index (κ2) is 10.9. The first kappa shape index (κ1) is 22.7. The summed E-state index contributed by atoms with van der Waals surface area (Å²) >= 11 is 0. The van der Waals surface area contributed by atoms with Gasteiger partial charge in [0.2, 0.25) is 5.75 Å². The van der Waals surface area contributed by atoms with E-state index in [2.05, 4.69) is 0 Å². The quantitative estimate of drug-likeness (QED) is 0.370. The number of hydrogen-bond acceptors (Lipinski definition) is 7. The second-order valence-electron chi connectivity index (χ2n) is 6.79. The summed E-state index contributed by atoms with van der Waals surface area (Å²) in [6.45, 7) is 0. The standard InChI is InChI=1S/C25H24O7/c1-28-19-11-7-17(8-12-19)15-23(26)31-22-6-4-5-21(30-3)25(22)32-24(27)16-18-9-13-20(29-2)14-10-18/h4-14H,15-16H2,1-3H3. The van der Waals surface area contributed by atoms with Gasteiger partial charge in [0.05, 0.1) is 34.2 Å². The summed E-state index contributed by atoms with van der Waals surface area (Å²) in [5.41, 5.74) is 1.51. The third-order valence-electron chi connectivity index (χ3n) is 4.62. The molecule has 0 atom stereocenters. The van der Waals surface area contributed by atoms with Crippen LogP contribution in [-0.2, 0) is 22.4 Å². The Balaban J connectivity index is 1.71. The van der Waals surface area contributed by atoms with Crippen molar-refractivity contribution >= 4 is 11.9 Å². The van der Waals surface area contributed by atoms with Crippen LogP contribution in [0.4, 0.5) is 0 Å². The molecule has 0 radical (unpaired) electrons. The van der Waals surface area contributed by atoms with Crippen LogP contribution >= 0.6 is 0 Å². The number of ether oxygens (including phenoxy) is 5. The number of para-hydroxylation sites is 1. The molecule has 0 N–H and O–H groups in total. The van der Waals surface area contributed by atoms with Gasteiger partial charge in [-0.15, -0.1) is 0 Å². The first-order chi connectivity index (χ1) is 15.5. The predicted molar refractivity (Wildman–Crippen MR) is 118 cm³/mol. The van der Waals surface area contributed by atoms with E-state index in [4.69, 9.17) is 23.7 Å². The Morgan fingerprint density at radius 1 is 0.594 bits per heavy atom. The molecular formula is C25H24O7. The Labute approximate surface area is 186 Å². The molecule has 3 rings (SSSR count). The van der Waals surface area contributed by atoms with Crippen LogP contribution in [0.3, 0.4) is 0 Å². The van der Waals surface area contributed by atoms with Gasteiger partial charge in [-0.2, -0.15) is 0 Å². The van der Waals surface area contributed by atoms with E-state index in [-0.39, 0.29) is 30.1 Å². The molecule has 0 aromatic heterocycles. The highest BCUT2D eigenvalue weighted by atomic mass is 16.6. The number of esters is 2. The zero-order chi connectivity index (χ0) is 22.9. The lowest BCUT2D eigenvalue weighted by Crippen LogP contribution is -2.15. The first-order valence-electron chi connectivity index (χ1n) is 9.86. The van der Waals surface area contributed by atoms with Crippen LogP contribution in [0.1, 0.15) is 11.1 Å². The highest BCUT2D eigenvalue weighted by molar-refractivity contribution is 5.79. The third-order valence-corrected chi connectivity index (χ3v) is 4.62. The van der Waals surface area contributed by atoms with Gasteiger partial charge >= 0.3 is 11.9 Å². The van der Waals surface area contributed by atoms with Gasteiger partial charge in [0.25, 0.3) is 0 Å². The molecule has 0 aliphatic rings. The minimum absolute atomic E-state index is 0.0290. The van der Waals surface area contributed by atoms with Crippen molar-refractivity contribution in [1.29, 1.82) is 0 Å². The Hall–Kier alpha value is -4.00. The van der Waals surface area contributed by atoms with E-state index in [9.17, 15) is 9.59 Å². The van der Waals surface area contributed by atoms with E-state index in [0.717, 1.165) is 11.1 Å². The maximum Gasteiger partial charge on any atom is 0.315 e. The van der Waals surface area contributed by atoms with E-state index in [0.29, 0.717) is 11.5 Å². The zero-order valence-corrected chi connectivity index (χ0v) is 18.1. The normalized spacial score (nSPS) is 10.2. The highest BCUT2D eigenvalue weighted by Crippen LogP contribution is 2.37. The molecule has 3 aromatic carbocycles. The van der Waals surface area contributed by atoms with Gasteiger partial charge in [-0.25, -0.2) is 0 Å². The summed E-state index contributed by atoms with van der Waals surface area (Å²) in [6, 6.07) is 19.0. The molecular weight excluding hydrogens is 412 g/mol. The third kappa shape index (κ3) is 6.01. The van der Waals surface area contributed by atoms with Crippen molar-refractivity contribution < 1.29 is 33.3 Å². The first-order valence-corrected chi connectivity index (χ1v) is 9.86. The minimum atomic E-state index is -0.521. The lowest BCUT2D eigenvalue weighted by Gasteiger charge is -2.14. The van der Waals surface area contributed by atoms with Crippen LogP contribution < -0.4 is 23.7 Å². The Kier molecular flexibility index (Phi) is 7.70. The number of methoxy groups -OCH3 is 3. The molecule has 0 amide bonds. The SMILES string of the molecule is COc1ccc(CC(=O)Oc2cccc(OC)c2OC(=O)Cc2ccc(OC)cc2)cc1. The van der Waals surface area contributed by atoms with Crippen LogP contribution in [0.15, 0.2) is 66.7 Å². The monoisotopic (exact) mass is 436 g/mol. The Morgan fingerprint density at radius 3 is 1.53 bits per heavy atom. The maximum absolute atomic E-state index is 12.5.